The highest BCUT2D eigenvalue weighted by Crippen LogP contribution is 2.30. The van der Waals surface area contributed by atoms with Gasteiger partial charge in [0.25, 0.3) is 0 Å². The van der Waals surface area contributed by atoms with Gasteiger partial charge in [-0.25, -0.2) is 0 Å². The molecule has 0 saturated carbocycles. The average Bonchev–Trinajstić information content (AvgIpc) is 2.63. The van der Waals surface area contributed by atoms with E-state index < -0.39 is 0 Å². The van der Waals surface area contributed by atoms with Crippen molar-refractivity contribution in [3.63, 3.8) is 0 Å². The number of rotatable bonds is 4. The molecule has 0 unspecified atom stereocenters. The lowest BCUT2D eigenvalue weighted by molar-refractivity contribution is -0.101. The van der Waals surface area contributed by atoms with E-state index in [0.717, 1.165) is 19.8 Å². The van der Waals surface area contributed by atoms with Gasteiger partial charge in [-0.1, -0.05) is 0 Å². The molecule has 1 aliphatic heterocycles. The summed E-state index contributed by atoms with van der Waals surface area (Å²) in [5, 5.41) is 3.39. The third-order valence-corrected chi connectivity index (χ3v) is 3.69. The van der Waals surface area contributed by atoms with Crippen LogP contribution in [0.2, 0.25) is 0 Å². The predicted octanol–water partition coefficient (Wildman–Crippen LogP) is 1.16. The lowest BCUT2D eigenvalue weighted by Crippen LogP contribution is -2.54. The minimum Gasteiger partial charge on any atom is -0.380 e. The van der Waals surface area contributed by atoms with Crippen molar-refractivity contribution < 1.29 is 4.74 Å². The third kappa shape index (κ3) is 1.78. The zero-order chi connectivity index (χ0) is 10.0. The highest BCUT2D eigenvalue weighted by atomic mass is 32.1. The van der Waals surface area contributed by atoms with Crippen LogP contribution < -0.4 is 10.6 Å². The van der Waals surface area contributed by atoms with Crippen molar-refractivity contribution in [2.45, 2.75) is 0 Å². The van der Waals surface area contributed by atoms with Crippen LogP contribution in [0.3, 0.4) is 0 Å². The van der Waals surface area contributed by atoms with Gasteiger partial charge in [0.05, 0.1) is 18.2 Å². The first-order valence-electron chi connectivity index (χ1n) is 4.78. The van der Waals surface area contributed by atoms with E-state index in [4.69, 9.17) is 10.5 Å². The Labute approximate surface area is 88.5 Å². The topological polar surface area (TPSA) is 38.5 Å². The van der Waals surface area contributed by atoms with E-state index in [1.54, 1.807) is 11.3 Å². The summed E-state index contributed by atoms with van der Waals surface area (Å²) < 4.78 is 5.24. The van der Waals surface area contributed by atoms with Gasteiger partial charge in [-0.3, -0.25) is 0 Å². The van der Waals surface area contributed by atoms with Crippen LogP contribution in [0.1, 0.15) is 0 Å². The molecule has 2 N–H and O–H groups in total. The molecule has 3 nitrogen and oxygen atoms in total. The maximum Gasteiger partial charge on any atom is 0.0906 e. The Bertz CT molecular complexity index is 277. The molecular formula is C10H16N2OS. The smallest absolute Gasteiger partial charge is 0.0906 e. The molecule has 14 heavy (non-hydrogen) atoms. The van der Waals surface area contributed by atoms with Crippen LogP contribution in [0.25, 0.3) is 0 Å². The van der Waals surface area contributed by atoms with Crippen LogP contribution in [0, 0.1) is 5.41 Å². The number of thiophene rings is 1. The van der Waals surface area contributed by atoms with Gasteiger partial charge in [-0.05, 0) is 17.5 Å². The van der Waals surface area contributed by atoms with Gasteiger partial charge in [0, 0.05) is 25.6 Å². The maximum atomic E-state index is 5.77. The first-order chi connectivity index (χ1) is 6.76. The highest BCUT2D eigenvalue weighted by molar-refractivity contribution is 7.14. The van der Waals surface area contributed by atoms with E-state index in [-0.39, 0.29) is 5.41 Å². The van der Waals surface area contributed by atoms with Crippen molar-refractivity contribution in [3.8, 4) is 0 Å². The number of nitrogens with two attached hydrogens (primary N) is 1. The number of hydrogen-bond donors (Lipinski definition) is 1. The molecular weight excluding hydrogens is 196 g/mol. The Morgan fingerprint density at radius 3 is 2.86 bits per heavy atom. The highest BCUT2D eigenvalue weighted by Gasteiger charge is 2.38. The monoisotopic (exact) mass is 212 g/mol. The molecule has 4 heteroatoms. The van der Waals surface area contributed by atoms with E-state index in [9.17, 15) is 0 Å². The van der Waals surface area contributed by atoms with Gasteiger partial charge in [-0.15, -0.1) is 11.3 Å². The van der Waals surface area contributed by atoms with Crippen molar-refractivity contribution in [3.05, 3.63) is 17.5 Å². The molecule has 0 radical (unpaired) electrons. The molecule has 1 aromatic rings. The Morgan fingerprint density at radius 1 is 1.64 bits per heavy atom. The van der Waals surface area contributed by atoms with Crippen molar-refractivity contribution >= 4 is 16.3 Å². The van der Waals surface area contributed by atoms with Crippen LogP contribution in [0.15, 0.2) is 17.5 Å². The van der Waals surface area contributed by atoms with Crippen molar-refractivity contribution in [2.75, 3.05) is 38.3 Å². The van der Waals surface area contributed by atoms with E-state index >= 15 is 0 Å². The fourth-order valence-electron chi connectivity index (χ4n) is 1.73. The molecule has 1 aromatic heterocycles. The zero-order valence-electron chi connectivity index (χ0n) is 8.40. The summed E-state index contributed by atoms with van der Waals surface area (Å²) in [7, 11) is 2.11. The van der Waals surface area contributed by atoms with Crippen molar-refractivity contribution in [2.24, 2.45) is 11.1 Å². The summed E-state index contributed by atoms with van der Waals surface area (Å²) in [5.74, 6) is 0. The normalized spacial score (nSPS) is 19.0. The molecule has 2 heterocycles. The summed E-state index contributed by atoms with van der Waals surface area (Å²) in [6.07, 6.45) is 0. The minimum absolute atomic E-state index is 0.193. The molecule has 0 bridgehead atoms. The predicted molar refractivity (Wildman–Crippen MR) is 59.9 cm³/mol. The fourth-order valence-corrected chi connectivity index (χ4v) is 2.43. The second-order valence-corrected chi connectivity index (χ2v) is 4.93. The fraction of sp³-hybridized carbons (Fsp3) is 0.600. The van der Waals surface area contributed by atoms with Gasteiger partial charge in [0.2, 0.25) is 0 Å². The molecule has 2 rings (SSSR count). The first-order valence-corrected chi connectivity index (χ1v) is 5.66. The molecule has 1 fully saturated rings. The van der Waals surface area contributed by atoms with Crippen LogP contribution >= 0.6 is 11.3 Å². The molecule has 0 amide bonds. The van der Waals surface area contributed by atoms with Gasteiger partial charge in [0.15, 0.2) is 0 Å². The number of anilines is 1. The van der Waals surface area contributed by atoms with Gasteiger partial charge >= 0.3 is 0 Å². The Balaban J connectivity index is 1.97. The minimum atomic E-state index is 0.193. The van der Waals surface area contributed by atoms with Gasteiger partial charge in [0.1, 0.15) is 0 Å². The van der Waals surface area contributed by atoms with Crippen molar-refractivity contribution in [1.82, 2.24) is 0 Å². The van der Waals surface area contributed by atoms with Crippen LogP contribution in [-0.2, 0) is 4.74 Å². The quantitative estimate of drug-likeness (QED) is 0.814. The molecule has 0 spiro atoms. The second-order valence-electron chi connectivity index (χ2n) is 4.00. The van der Waals surface area contributed by atoms with Crippen LogP contribution in [-0.4, -0.2) is 33.4 Å². The number of ether oxygens (including phenoxy) is 1. The summed E-state index contributed by atoms with van der Waals surface area (Å²) in [4.78, 5) is 2.26. The largest absolute Gasteiger partial charge is 0.380 e. The van der Waals surface area contributed by atoms with Crippen molar-refractivity contribution in [1.29, 1.82) is 0 Å². The molecule has 1 aliphatic rings. The first kappa shape index (κ1) is 9.96. The lowest BCUT2D eigenvalue weighted by atomic mass is 9.85. The Hall–Kier alpha value is -0.580. The molecule has 1 saturated heterocycles. The maximum absolute atomic E-state index is 5.77. The third-order valence-electron chi connectivity index (χ3n) is 2.70. The van der Waals surface area contributed by atoms with E-state index in [0.29, 0.717) is 6.54 Å². The summed E-state index contributed by atoms with van der Waals surface area (Å²) >= 11 is 1.76. The average molecular weight is 212 g/mol. The Kier molecular flexibility index (Phi) is 2.76. The van der Waals surface area contributed by atoms with Gasteiger partial charge < -0.3 is 15.4 Å². The summed E-state index contributed by atoms with van der Waals surface area (Å²) in [6.45, 7) is 3.31. The second kappa shape index (κ2) is 3.88. The molecule has 0 aromatic carbocycles. The molecule has 0 atom stereocenters. The van der Waals surface area contributed by atoms with E-state index in [1.165, 1.54) is 5.00 Å². The molecule has 78 valence electrons. The zero-order valence-corrected chi connectivity index (χ0v) is 9.22. The standard InChI is InChI=1S/C10H16N2OS/c1-12(9-3-2-4-14-9)6-10(5-11)7-13-8-10/h2-4H,5-8,11H2,1H3. The summed E-state index contributed by atoms with van der Waals surface area (Å²) in [6, 6.07) is 4.21. The molecule has 0 aliphatic carbocycles. The van der Waals surface area contributed by atoms with E-state index in [2.05, 4.69) is 29.5 Å². The van der Waals surface area contributed by atoms with Crippen LogP contribution in [0.5, 0.6) is 0 Å². The number of nitrogens with zero attached hydrogens (tertiary/aromatic N) is 1. The number of hydrogen-bond acceptors (Lipinski definition) is 4. The summed E-state index contributed by atoms with van der Waals surface area (Å²) in [5.41, 5.74) is 5.96. The van der Waals surface area contributed by atoms with Gasteiger partial charge in [-0.2, -0.15) is 0 Å². The van der Waals surface area contributed by atoms with Crippen LogP contribution in [0.4, 0.5) is 5.00 Å². The lowest BCUT2D eigenvalue weighted by Gasteiger charge is -2.43. The Morgan fingerprint density at radius 2 is 2.43 bits per heavy atom. The SMILES string of the molecule is CN(CC1(CN)COC1)c1cccs1. The van der Waals surface area contributed by atoms with E-state index in [1.807, 2.05) is 0 Å².